The van der Waals surface area contributed by atoms with E-state index >= 15 is 0 Å². The van der Waals surface area contributed by atoms with Gasteiger partial charge in [0.15, 0.2) is 11.5 Å². The number of nitro groups is 1. The largest absolute Gasteiger partial charge is 0.490 e. The SMILES string of the molecule is CCOc1cc(/C=C(/C#N)C(=O)Nc2ccccc2Cl)cc(Br)c1OCc1ccc([N+](=O)[O-])cc1. The molecule has 0 radical (unpaired) electrons. The van der Waals surface area contributed by atoms with Crippen LogP contribution in [0.1, 0.15) is 18.1 Å². The van der Waals surface area contributed by atoms with Gasteiger partial charge >= 0.3 is 0 Å². The maximum Gasteiger partial charge on any atom is 0.269 e. The van der Waals surface area contributed by atoms with Crippen LogP contribution in [0.5, 0.6) is 11.5 Å². The molecule has 0 saturated heterocycles. The van der Waals surface area contributed by atoms with Gasteiger partial charge in [-0.2, -0.15) is 5.26 Å². The van der Waals surface area contributed by atoms with Crippen LogP contribution in [-0.2, 0) is 11.4 Å². The Balaban J connectivity index is 1.83. The number of para-hydroxylation sites is 1. The van der Waals surface area contributed by atoms with E-state index < -0.39 is 10.8 Å². The molecule has 0 heterocycles. The van der Waals surface area contributed by atoms with Gasteiger partial charge in [-0.1, -0.05) is 23.7 Å². The Morgan fingerprint density at radius 1 is 1.20 bits per heavy atom. The fourth-order valence-corrected chi connectivity index (χ4v) is 3.77. The monoisotopic (exact) mass is 555 g/mol. The average molecular weight is 557 g/mol. The first-order valence-electron chi connectivity index (χ1n) is 10.3. The van der Waals surface area contributed by atoms with Gasteiger partial charge in [-0.15, -0.1) is 0 Å². The van der Waals surface area contributed by atoms with Crippen molar-refractivity contribution in [1.29, 1.82) is 5.26 Å². The van der Waals surface area contributed by atoms with E-state index in [1.165, 1.54) is 18.2 Å². The van der Waals surface area contributed by atoms with Crippen LogP contribution in [0.2, 0.25) is 5.02 Å². The topological polar surface area (TPSA) is 114 Å². The molecule has 0 fully saturated rings. The number of non-ortho nitro benzene ring substituents is 1. The molecule has 1 N–H and O–H groups in total. The highest BCUT2D eigenvalue weighted by Gasteiger charge is 2.16. The van der Waals surface area contributed by atoms with Crippen molar-refractivity contribution in [2.45, 2.75) is 13.5 Å². The molecule has 0 aliphatic rings. The van der Waals surface area contributed by atoms with Crippen molar-refractivity contribution in [3.8, 4) is 17.6 Å². The predicted molar refractivity (Wildman–Crippen MR) is 136 cm³/mol. The van der Waals surface area contributed by atoms with Gasteiger partial charge in [0.25, 0.3) is 11.6 Å². The van der Waals surface area contributed by atoms with Gasteiger partial charge in [0, 0.05) is 12.1 Å². The lowest BCUT2D eigenvalue weighted by molar-refractivity contribution is -0.384. The number of ether oxygens (including phenoxy) is 2. The van der Waals surface area contributed by atoms with Gasteiger partial charge in [0.2, 0.25) is 0 Å². The molecule has 3 aromatic carbocycles. The highest BCUT2D eigenvalue weighted by atomic mass is 79.9. The molecule has 0 aliphatic heterocycles. The first kappa shape index (κ1) is 25.7. The zero-order valence-electron chi connectivity index (χ0n) is 18.5. The summed E-state index contributed by atoms with van der Waals surface area (Å²) in [5, 5.41) is 23.4. The van der Waals surface area contributed by atoms with Crippen LogP contribution in [0.3, 0.4) is 0 Å². The Morgan fingerprint density at radius 2 is 1.91 bits per heavy atom. The van der Waals surface area contributed by atoms with Gasteiger partial charge in [0.05, 0.1) is 26.7 Å². The molecule has 0 bridgehead atoms. The number of benzene rings is 3. The minimum absolute atomic E-state index is 0.00653. The Morgan fingerprint density at radius 3 is 2.54 bits per heavy atom. The quantitative estimate of drug-likeness (QED) is 0.139. The van der Waals surface area contributed by atoms with Crippen LogP contribution < -0.4 is 14.8 Å². The molecule has 0 spiro atoms. The number of nitrogens with zero attached hydrogens (tertiary/aromatic N) is 2. The lowest BCUT2D eigenvalue weighted by Gasteiger charge is -2.15. The van der Waals surface area contributed by atoms with Crippen molar-refractivity contribution in [1.82, 2.24) is 0 Å². The number of nitro benzene ring substituents is 1. The molecule has 0 aromatic heterocycles. The number of halogens is 2. The summed E-state index contributed by atoms with van der Waals surface area (Å²) in [7, 11) is 0. The maximum atomic E-state index is 12.6. The van der Waals surface area contributed by atoms with Gasteiger partial charge < -0.3 is 14.8 Å². The number of hydrogen-bond donors (Lipinski definition) is 1. The summed E-state index contributed by atoms with van der Waals surface area (Å²) < 4.78 is 12.2. The van der Waals surface area contributed by atoms with Crippen LogP contribution in [0.15, 0.2) is 70.7 Å². The number of amides is 1. The van der Waals surface area contributed by atoms with E-state index in [0.29, 0.717) is 38.9 Å². The molecular formula is C25H19BrClN3O5. The van der Waals surface area contributed by atoms with E-state index in [1.807, 2.05) is 13.0 Å². The summed E-state index contributed by atoms with van der Waals surface area (Å²) in [5.41, 5.74) is 1.53. The molecule has 0 aliphatic carbocycles. The van der Waals surface area contributed by atoms with E-state index in [-0.39, 0.29) is 17.9 Å². The fourth-order valence-electron chi connectivity index (χ4n) is 3.01. The maximum absolute atomic E-state index is 12.6. The van der Waals surface area contributed by atoms with E-state index in [0.717, 1.165) is 5.56 Å². The number of carbonyl (C=O) groups excluding carboxylic acids is 1. The fraction of sp³-hybridized carbons (Fsp3) is 0.120. The standard InChI is InChI=1S/C25H19BrClN3O5/c1-2-34-23-13-17(11-18(14-28)25(31)29-22-6-4-3-5-21(22)27)12-20(26)24(23)35-15-16-7-9-19(10-8-16)30(32)33/h3-13H,2,15H2,1H3,(H,29,31)/b18-11-. The zero-order chi connectivity index (χ0) is 25.4. The Bertz CT molecular complexity index is 1320. The van der Waals surface area contributed by atoms with E-state index in [2.05, 4.69) is 21.2 Å². The molecule has 10 heteroatoms. The van der Waals surface area contributed by atoms with Gasteiger partial charge in [0.1, 0.15) is 18.2 Å². The minimum Gasteiger partial charge on any atom is -0.490 e. The first-order chi connectivity index (χ1) is 16.8. The Hall–Kier alpha value is -3.87. The van der Waals surface area contributed by atoms with Crippen LogP contribution in [0, 0.1) is 21.4 Å². The molecule has 0 saturated carbocycles. The second kappa shape index (κ2) is 12.0. The lowest BCUT2D eigenvalue weighted by Crippen LogP contribution is -2.13. The number of nitrogens with one attached hydrogen (secondary N) is 1. The molecule has 3 rings (SSSR count). The molecule has 35 heavy (non-hydrogen) atoms. The normalized spacial score (nSPS) is 10.9. The van der Waals surface area contributed by atoms with Gasteiger partial charge in [-0.3, -0.25) is 14.9 Å². The van der Waals surface area contributed by atoms with Crippen molar-refractivity contribution >= 4 is 50.9 Å². The molecular weight excluding hydrogens is 538 g/mol. The van der Waals surface area contributed by atoms with Crippen molar-refractivity contribution in [2.24, 2.45) is 0 Å². The second-order valence-electron chi connectivity index (χ2n) is 7.08. The van der Waals surface area contributed by atoms with Gasteiger partial charge in [-0.25, -0.2) is 0 Å². The van der Waals surface area contributed by atoms with E-state index in [9.17, 15) is 20.2 Å². The lowest BCUT2D eigenvalue weighted by atomic mass is 10.1. The van der Waals surface area contributed by atoms with Crippen LogP contribution in [-0.4, -0.2) is 17.4 Å². The summed E-state index contributed by atoms with van der Waals surface area (Å²) >= 11 is 9.54. The van der Waals surface area contributed by atoms with Crippen molar-refractivity contribution < 1.29 is 19.2 Å². The van der Waals surface area contributed by atoms with Crippen molar-refractivity contribution in [3.05, 3.63) is 97.0 Å². The van der Waals surface area contributed by atoms with Crippen LogP contribution in [0.25, 0.3) is 6.08 Å². The molecule has 3 aromatic rings. The highest BCUT2D eigenvalue weighted by Crippen LogP contribution is 2.38. The molecule has 8 nitrogen and oxygen atoms in total. The summed E-state index contributed by atoms with van der Waals surface area (Å²) in [4.78, 5) is 23.0. The third-order valence-corrected chi connectivity index (χ3v) is 5.58. The summed E-state index contributed by atoms with van der Waals surface area (Å²) in [6, 6.07) is 18.0. The van der Waals surface area contributed by atoms with Crippen LogP contribution in [0.4, 0.5) is 11.4 Å². The Kier molecular flexibility index (Phi) is 8.84. The third kappa shape index (κ3) is 6.82. The summed E-state index contributed by atoms with van der Waals surface area (Å²) in [5.74, 6) is 0.216. The van der Waals surface area contributed by atoms with Crippen molar-refractivity contribution in [2.75, 3.05) is 11.9 Å². The predicted octanol–water partition coefficient (Wildman–Crippen LogP) is 6.53. The van der Waals surface area contributed by atoms with Crippen LogP contribution >= 0.6 is 27.5 Å². The zero-order valence-corrected chi connectivity index (χ0v) is 20.8. The highest BCUT2D eigenvalue weighted by molar-refractivity contribution is 9.10. The number of carbonyl (C=O) groups is 1. The van der Waals surface area contributed by atoms with E-state index in [1.54, 1.807) is 48.5 Å². The number of anilines is 1. The van der Waals surface area contributed by atoms with Gasteiger partial charge in [-0.05, 0) is 76.5 Å². The molecule has 0 unspecified atom stereocenters. The second-order valence-corrected chi connectivity index (χ2v) is 8.34. The Labute approximate surface area is 215 Å². The summed E-state index contributed by atoms with van der Waals surface area (Å²) in [6.07, 6.45) is 1.43. The first-order valence-corrected chi connectivity index (χ1v) is 11.5. The molecule has 0 atom stereocenters. The summed E-state index contributed by atoms with van der Waals surface area (Å²) in [6.45, 7) is 2.31. The number of hydrogen-bond acceptors (Lipinski definition) is 6. The smallest absolute Gasteiger partial charge is 0.269 e. The number of nitriles is 1. The average Bonchev–Trinajstić information content (AvgIpc) is 2.83. The third-order valence-electron chi connectivity index (χ3n) is 4.66. The minimum atomic E-state index is -0.604. The molecule has 1 amide bonds. The van der Waals surface area contributed by atoms with E-state index in [4.69, 9.17) is 21.1 Å². The molecule has 178 valence electrons. The van der Waals surface area contributed by atoms with Crippen molar-refractivity contribution in [3.63, 3.8) is 0 Å². The number of rotatable bonds is 9.